The van der Waals surface area contributed by atoms with Gasteiger partial charge in [-0.15, -0.1) is 0 Å². The van der Waals surface area contributed by atoms with Crippen LogP contribution in [0.1, 0.15) is 69.4 Å². The highest BCUT2D eigenvalue weighted by atomic mass is 16.4. The fourth-order valence-electron chi connectivity index (χ4n) is 3.64. The molecule has 0 saturated heterocycles. The molecular weight excluding hydrogens is 348 g/mol. The first-order chi connectivity index (χ1) is 12.7. The van der Waals surface area contributed by atoms with E-state index in [0.29, 0.717) is 11.1 Å². The van der Waals surface area contributed by atoms with Crippen molar-refractivity contribution in [1.29, 1.82) is 0 Å². The summed E-state index contributed by atoms with van der Waals surface area (Å²) in [5.74, 6) is -0.850. The number of aliphatic carboxylic acids is 1. The fourth-order valence-corrected chi connectivity index (χ4v) is 3.64. The smallest absolute Gasteiger partial charge is 0.335 e. The molecule has 150 valence electrons. The van der Waals surface area contributed by atoms with Crippen LogP contribution in [0.4, 0.5) is 0 Å². The van der Waals surface area contributed by atoms with Crippen LogP contribution in [0.3, 0.4) is 0 Å². The molecular formula is C25H32O3. The average molecular weight is 381 g/mol. The summed E-state index contributed by atoms with van der Waals surface area (Å²) in [4.78, 5) is 11.9. The van der Waals surface area contributed by atoms with Gasteiger partial charge in [0.25, 0.3) is 0 Å². The first kappa shape index (κ1) is 21.7. The summed E-state index contributed by atoms with van der Waals surface area (Å²) in [5.41, 5.74) is 5.17. The Morgan fingerprint density at radius 2 is 1.46 bits per heavy atom. The highest BCUT2D eigenvalue weighted by Crippen LogP contribution is 2.45. The zero-order valence-corrected chi connectivity index (χ0v) is 18.3. The van der Waals surface area contributed by atoms with Gasteiger partial charge in [-0.3, -0.25) is 0 Å². The number of carboxylic acids is 1. The van der Waals surface area contributed by atoms with E-state index in [1.165, 1.54) is 0 Å². The molecule has 0 amide bonds. The minimum absolute atomic E-state index is 0.0416. The number of aryl methyl sites for hydroxylation is 2. The van der Waals surface area contributed by atoms with Gasteiger partial charge < -0.3 is 10.2 Å². The molecule has 0 atom stereocenters. The topological polar surface area (TPSA) is 57.5 Å². The van der Waals surface area contributed by atoms with E-state index >= 15 is 0 Å². The second kappa shape index (κ2) is 7.12. The molecule has 28 heavy (non-hydrogen) atoms. The summed E-state index contributed by atoms with van der Waals surface area (Å²) in [6.45, 7) is 20.1. The minimum Gasteiger partial charge on any atom is -0.507 e. The quantitative estimate of drug-likeness (QED) is 0.608. The fraction of sp³-hybridized carbons (Fsp3) is 0.400. The van der Waals surface area contributed by atoms with Crippen LogP contribution in [-0.2, 0) is 15.6 Å². The lowest BCUT2D eigenvalue weighted by molar-refractivity contribution is -0.130. The lowest BCUT2D eigenvalue weighted by Gasteiger charge is -2.28. The van der Waals surface area contributed by atoms with Crippen molar-refractivity contribution in [3.8, 4) is 16.9 Å². The Bertz CT molecular complexity index is 951. The van der Waals surface area contributed by atoms with E-state index in [9.17, 15) is 15.0 Å². The Labute approximate surface area is 168 Å². The van der Waals surface area contributed by atoms with Crippen LogP contribution in [0.5, 0.6) is 5.75 Å². The zero-order valence-electron chi connectivity index (χ0n) is 18.3. The molecule has 3 heteroatoms. The molecule has 0 radical (unpaired) electrons. The van der Waals surface area contributed by atoms with Gasteiger partial charge in [0.05, 0.1) is 5.57 Å². The number of aromatic hydroxyl groups is 1. The van der Waals surface area contributed by atoms with Gasteiger partial charge in [0.15, 0.2) is 0 Å². The Morgan fingerprint density at radius 1 is 0.929 bits per heavy atom. The summed E-state index contributed by atoms with van der Waals surface area (Å²) in [7, 11) is 0. The van der Waals surface area contributed by atoms with Crippen LogP contribution in [0.25, 0.3) is 16.7 Å². The van der Waals surface area contributed by atoms with E-state index in [1.54, 1.807) is 0 Å². The molecule has 0 aliphatic heterocycles. The van der Waals surface area contributed by atoms with E-state index in [4.69, 9.17) is 0 Å². The lowest BCUT2D eigenvalue weighted by atomic mass is 9.76. The van der Waals surface area contributed by atoms with Gasteiger partial charge in [0, 0.05) is 11.1 Å². The van der Waals surface area contributed by atoms with E-state index in [0.717, 1.165) is 27.8 Å². The van der Waals surface area contributed by atoms with Crippen molar-refractivity contribution in [3.63, 3.8) is 0 Å². The molecule has 3 nitrogen and oxygen atoms in total. The molecule has 0 fully saturated rings. The molecule has 0 aliphatic carbocycles. The highest BCUT2D eigenvalue weighted by Gasteiger charge is 2.29. The maximum Gasteiger partial charge on any atom is 0.335 e. The summed E-state index contributed by atoms with van der Waals surface area (Å²) < 4.78 is 0. The molecule has 2 aromatic carbocycles. The standard InChI is InChI=1S/C25H32O3/c1-14-12-17(20-15(2)10-11-18(22(20)26)24(4,5)6)21(16(3)23(27)28)19(13-14)25(7,8)9/h10-13,26H,3H2,1-2,4-9H3,(H,27,28). The average Bonchev–Trinajstić information content (AvgIpc) is 2.51. The molecule has 0 aliphatic rings. The number of carbonyl (C=O) groups is 1. The summed E-state index contributed by atoms with van der Waals surface area (Å²) >= 11 is 0. The van der Waals surface area contributed by atoms with Gasteiger partial charge in [0.2, 0.25) is 0 Å². The maximum absolute atomic E-state index is 11.9. The number of hydrogen-bond acceptors (Lipinski definition) is 2. The van der Waals surface area contributed by atoms with Crippen molar-refractivity contribution in [1.82, 2.24) is 0 Å². The highest BCUT2D eigenvalue weighted by molar-refractivity contribution is 6.17. The number of rotatable bonds is 3. The van der Waals surface area contributed by atoms with Crippen molar-refractivity contribution in [2.75, 3.05) is 0 Å². The van der Waals surface area contributed by atoms with Crippen LogP contribution >= 0.6 is 0 Å². The second-order valence-corrected chi connectivity index (χ2v) is 9.67. The number of phenols is 1. The van der Waals surface area contributed by atoms with E-state index in [-0.39, 0.29) is 22.2 Å². The molecule has 0 heterocycles. The number of phenolic OH excluding ortho intramolecular Hbond substituents is 1. The van der Waals surface area contributed by atoms with E-state index < -0.39 is 5.97 Å². The molecule has 2 N–H and O–H groups in total. The van der Waals surface area contributed by atoms with Crippen molar-refractivity contribution in [2.24, 2.45) is 0 Å². The first-order valence-corrected chi connectivity index (χ1v) is 9.57. The Morgan fingerprint density at radius 3 is 1.93 bits per heavy atom. The van der Waals surface area contributed by atoms with E-state index in [2.05, 4.69) is 48.1 Å². The molecule has 0 spiro atoms. The van der Waals surface area contributed by atoms with Crippen LogP contribution in [0.2, 0.25) is 0 Å². The monoisotopic (exact) mass is 380 g/mol. The SMILES string of the molecule is C=C(C(=O)O)c1c(-c2c(C)ccc(C(C)(C)C)c2O)cc(C)cc1C(C)(C)C. The Balaban J connectivity index is 3.04. The minimum atomic E-state index is -1.06. The zero-order chi connectivity index (χ0) is 21.6. The van der Waals surface area contributed by atoms with Gasteiger partial charge >= 0.3 is 5.97 Å². The van der Waals surface area contributed by atoms with E-state index in [1.807, 2.05) is 38.1 Å². The summed E-state index contributed by atoms with van der Waals surface area (Å²) in [5, 5.41) is 20.9. The van der Waals surface area contributed by atoms with Crippen molar-refractivity contribution in [2.45, 2.75) is 66.2 Å². The van der Waals surface area contributed by atoms with Crippen molar-refractivity contribution >= 4 is 11.5 Å². The number of hydrogen-bond donors (Lipinski definition) is 2. The lowest BCUT2D eigenvalue weighted by Crippen LogP contribution is -2.17. The normalized spacial score (nSPS) is 12.1. The third-order valence-electron chi connectivity index (χ3n) is 5.11. The van der Waals surface area contributed by atoms with Crippen molar-refractivity contribution in [3.05, 3.63) is 58.7 Å². The molecule has 0 saturated carbocycles. The van der Waals surface area contributed by atoms with Crippen LogP contribution in [-0.4, -0.2) is 16.2 Å². The maximum atomic E-state index is 11.9. The first-order valence-electron chi connectivity index (χ1n) is 9.57. The van der Waals surface area contributed by atoms with Gasteiger partial charge in [-0.1, -0.05) is 78.0 Å². The van der Waals surface area contributed by atoms with Crippen LogP contribution < -0.4 is 0 Å². The third kappa shape index (κ3) is 3.99. The predicted molar refractivity (Wildman–Crippen MR) is 117 cm³/mol. The molecule has 0 aromatic heterocycles. The summed E-state index contributed by atoms with van der Waals surface area (Å²) in [6, 6.07) is 7.91. The Hall–Kier alpha value is -2.55. The summed E-state index contributed by atoms with van der Waals surface area (Å²) in [6.07, 6.45) is 0. The predicted octanol–water partition coefficient (Wildman–Crippen LogP) is 6.37. The van der Waals surface area contributed by atoms with Gasteiger partial charge in [-0.05, 0) is 46.9 Å². The largest absolute Gasteiger partial charge is 0.507 e. The second-order valence-electron chi connectivity index (χ2n) is 9.67. The van der Waals surface area contributed by atoms with Crippen molar-refractivity contribution < 1.29 is 15.0 Å². The van der Waals surface area contributed by atoms with Gasteiger partial charge in [0.1, 0.15) is 5.75 Å². The third-order valence-corrected chi connectivity index (χ3v) is 5.11. The molecule has 0 bridgehead atoms. The van der Waals surface area contributed by atoms with Gasteiger partial charge in [-0.25, -0.2) is 4.79 Å². The number of benzene rings is 2. The van der Waals surface area contributed by atoms with Crippen LogP contribution in [0, 0.1) is 13.8 Å². The Kier molecular flexibility index (Phi) is 5.53. The molecule has 0 unspecified atom stereocenters. The van der Waals surface area contributed by atoms with Crippen LogP contribution in [0.15, 0.2) is 30.8 Å². The van der Waals surface area contributed by atoms with Gasteiger partial charge in [-0.2, -0.15) is 0 Å². The number of carboxylic acid groups (broad SMARTS) is 1. The molecule has 2 aromatic rings. The molecule has 2 rings (SSSR count).